The smallest absolute Gasteiger partial charge is 0.262 e. The number of aryl methyl sites for hydroxylation is 2. The third kappa shape index (κ3) is 11.3. The first-order chi connectivity index (χ1) is 33.2. The minimum absolute atomic E-state index is 0.0586. The van der Waals surface area contributed by atoms with Crippen molar-refractivity contribution in [3.05, 3.63) is 131 Å². The zero-order valence-electron chi connectivity index (χ0n) is 40.5. The highest BCUT2D eigenvalue weighted by atomic mass is 32.2. The summed E-state index contributed by atoms with van der Waals surface area (Å²) in [5.74, 6) is 5.83. The van der Waals surface area contributed by atoms with Gasteiger partial charge >= 0.3 is 0 Å². The standard InChI is InChI=1S/C53H58N6O9SSi/c1-32-24-37(20-19-34(32)14-10-9-11-23-55-30-45(68-70(7,8)53(3,4)5)41-21-22-44(60)49-50(41)67-31-46(61)59-49)58-52(63)35-15-12-18-39(26-35)69(64,65)40-25-33(2)47-42(28-40)48(43(29-56-47)51(54)62)57-36-16-13-17-38(27-36)66-6/h12-13,15-22,24-29,45,55,60H,9,11,23,30-31H2,1-8H3,(H2,54,62)(H,56,57)(H,58,63)(H,59,61)/t45-/m0/s1. The Balaban J connectivity index is 0.997. The van der Waals surface area contributed by atoms with Crippen LogP contribution >= 0.6 is 0 Å². The topological polar surface area (TPSA) is 220 Å². The van der Waals surface area contributed by atoms with Gasteiger partial charge in [0.25, 0.3) is 17.7 Å². The van der Waals surface area contributed by atoms with E-state index in [1.165, 1.54) is 49.7 Å². The molecule has 1 atom stereocenters. The highest BCUT2D eigenvalue weighted by molar-refractivity contribution is 7.91. The van der Waals surface area contributed by atoms with Gasteiger partial charge in [0.1, 0.15) is 17.2 Å². The van der Waals surface area contributed by atoms with Gasteiger partial charge in [-0.05, 0) is 129 Å². The number of carbonyl (C=O) groups excluding carboxylic acids is 3. The molecule has 2 heterocycles. The number of pyridine rings is 1. The maximum Gasteiger partial charge on any atom is 0.262 e. The van der Waals surface area contributed by atoms with Gasteiger partial charge in [0.2, 0.25) is 9.84 Å². The van der Waals surface area contributed by atoms with Crippen molar-refractivity contribution in [3.8, 4) is 29.1 Å². The van der Waals surface area contributed by atoms with E-state index < -0.39 is 36.1 Å². The number of aromatic nitrogens is 1. The summed E-state index contributed by atoms with van der Waals surface area (Å²) in [6.45, 7) is 15.5. The Morgan fingerprint density at radius 1 is 0.971 bits per heavy atom. The lowest BCUT2D eigenvalue weighted by atomic mass is 10.0. The van der Waals surface area contributed by atoms with Crippen LogP contribution in [0.25, 0.3) is 10.9 Å². The Kier molecular flexibility index (Phi) is 15.0. The second-order valence-corrected chi connectivity index (χ2v) is 25.3. The van der Waals surface area contributed by atoms with Crippen molar-refractivity contribution in [1.82, 2.24) is 10.3 Å². The zero-order chi connectivity index (χ0) is 50.5. The van der Waals surface area contributed by atoms with Gasteiger partial charge in [-0.15, -0.1) is 0 Å². The summed E-state index contributed by atoms with van der Waals surface area (Å²) in [5.41, 5.74) is 11.0. The van der Waals surface area contributed by atoms with Crippen molar-refractivity contribution >= 4 is 69.5 Å². The minimum atomic E-state index is -4.20. The van der Waals surface area contributed by atoms with Crippen LogP contribution in [0.5, 0.6) is 17.2 Å². The van der Waals surface area contributed by atoms with Crippen LogP contribution in [0.1, 0.15) is 82.7 Å². The molecule has 0 radical (unpaired) electrons. The van der Waals surface area contributed by atoms with Crippen molar-refractivity contribution in [2.75, 3.05) is 42.8 Å². The molecular formula is C53H58N6O9SSi. The number of amides is 3. The van der Waals surface area contributed by atoms with Gasteiger partial charge in [-0.25, -0.2) is 8.42 Å². The second kappa shape index (κ2) is 20.8. The van der Waals surface area contributed by atoms with Gasteiger partial charge < -0.3 is 46.0 Å². The molecule has 17 heteroatoms. The number of rotatable bonds is 16. The first-order valence-corrected chi connectivity index (χ1v) is 27.1. The van der Waals surface area contributed by atoms with Crippen LogP contribution in [0.3, 0.4) is 0 Å². The van der Waals surface area contributed by atoms with E-state index in [4.69, 9.17) is 19.6 Å². The van der Waals surface area contributed by atoms with Crippen molar-refractivity contribution in [2.45, 2.75) is 81.5 Å². The third-order valence-corrected chi connectivity index (χ3v) is 18.7. The van der Waals surface area contributed by atoms with Gasteiger partial charge in [0.05, 0.1) is 39.8 Å². The Morgan fingerprint density at radius 2 is 1.74 bits per heavy atom. The van der Waals surface area contributed by atoms with Crippen LogP contribution in [0.15, 0.2) is 107 Å². The van der Waals surface area contributed by atoms with Gasteiger partial charge in [0, 0.05) is 58.7 Å². The number of hydrogen-bond donors (Lipinski definition) is 6. The number of benzene rings is 5. The van der Waals surface area contributed by atoms with Gasteiger partial charge in [-0.1, -0.05) is 44.7 Å². The molecule has 0 spiro atoms. The van der Waals surface area contributed by atoms with E-state index in [1.54, 1.807) is 49.4 Å². The number of fused-ring (bicyclic) bond motifs is 2. The van der Waals surface area contributed by atoms with E-state index in [1.807, 2.05) is 19.1 Å². The van der Waals surface area contributed by atoms with Crippen molar-refractivity contribution < 1.29 is 41.8 Å². The molecule has 1 aromatic heterocycles. The molecule has 0 bridgehead atoms. The Morgan fingerprint density at radius 3 is 2.47 bits per heavy atom. The molecular weight excluding hydrogens is 925 g/mol. The molecule has 5 aromatic carbocycles. The quantitative estimate of drug-likeness (QED) is 0.0231. The lowest BCUT2D eigenvalue weighted by Crippen LogP contribution is -2.43. The molecule has 0 saturated heterocycles. The van der Waals surface area contributed by atoms with Gasteiger partial charge in [0.15, 0.2) is 20.7 Å². The molecule has 6 aromatic rings. The first-order valence-electron chi connectivity index (χ1n) is 22.7. The number of nitrogens with two attached hydrogens (primary N) is 1. The number of carbonyl (C=O) groups is 3. The maximum atomic E-state index is 14.3. The van der Waals surface area contributed by atoms with E-state index in [-0.39, 0.29) is 55.6 Å². The molecule has 15 nitrogen and oxygen atoms in total. The average Bonchev–Trinajstić information content (AvgIpc) is 3.31. The number of nitrogens with one attached hydrogen (secondary N) is 4. The van der Waals surface area contributed by atoms with Crippen LogP contribution in [-0.4, -0.2) is 71.4 Å². The van der Waals surface area contributed by atoms with Crippen molar-refractivity contribution in [1.29, 1.82) is 0 Å². The number of phenolic OH excluding ortho intramolecular Hbond substituents is 1. The predicted molar refractivity (Wildman–Crippen MR) is 275 cm³/mol. The molecule has 70 heavy (non-hydrogen) atoms. The number of sulfone groups is 1. The molecule has 0 fully saturated rings. The number of phenols is 1. The highest BCUT2D eigenvalue weighted by Gasteiger charge is 2.40. The van der Waals surface area contributed by atoms with E-state index in [0.717, 1.165) is 23.1 Å². The van der Waals surface area contributed by atoms with Gasteiger partial charge in [-0.2, -0.15) is 0 Å². The summed E-state index contributed by atoms with van der Waals surface area (Å²) in [5, 5.41) is 23.1. The monoisotopic (exact) mass is 982 g/mol. The van der Waals surface area contributed by atoms with E-state index >= 15 is 0 Å². The molecule has 0 aliphatic carbocycles. The summed E-state index contributed by atoms with van der Waals surface area (Å²) in [7, 11) is -4.92. The number of nitrogens with zero attached hydrogens (tertiary/aromatic N) is 1. The number of unbranched alkanes of at least 4 members (excludes halogenated alkanes) is 1. The number of anilines is 4. The van der Waals surface area contributed by atoms with Crippen LogP contribution in [0.4, 0.5) is 22.7 Å². The van der Waals surface area contributed by atoms with Gasteiger partial charge in [-0.3, -0.25) is 19.4 Å². The Bertz CT molecular complexity index is 3200. The Hall–Kier alpha value is -7.23. The van der Waals surface area contributed by atoms with E-state index in [2.05, 4.69) is 72.0 Å². The summed E-state index contributed by atoms with van der Waals surface area (Å²) in [6.07, 6.45) is 2.35. The van der Waals surface area contributed by atoms with Crippen molar-refractivity contribution in [3.63, 3.8) is 0 Å². The normalized spacial score (nSPS) is 13.0. The largest absolute Gasteiger partial charge is 0.506 e. The molecule has 7 N–H and O–H groups in total. The third-order valence-electron chi connectivity index (χ3n) is 12.5. The van der Waals surface area contributed by atoms with Crippen molar-refractivity contribution in [2.24, 2.45) is 5.73 Å². The van der Waals surface area contributed by atoms with Crippen LogP contribution in [0, 0.1) is 25.7 Å². The number of ether oxygens (including phenoxy) is 2. The molecule has 364 valence electrons. The van der Waals surface area contributed by atoms with Crippen LogP contribution < -0.4 is 36.5 Å². The van der Waals surface area contributed by atoms with E-state index in [9.17, 15) is 27.9 Å². The van der Waals surface area contributed by atoms with Crippen LogP contribution in [-0.2, 0) is 19.1 Å². The molecule has 3 amide bonds. The van der Waals surface area contributed by atoms with E-state index in [0.29, 0.717) is 58.9 Å². The molecule has 0 saturated carbocycles. The predicted octanol–water partition coefficient (Wildman–Crippen LogP) is 9.31. The lowest BCUT2D eigenvalue weighted by molar-refractivity contribution is -0.118. The number of primary amides is 1. The summed E-state index contributed by atoms with van der Waals surface area (Å²) >= 11 is 0. The fourth-order valence-corrected chi connectivity index (χ4v) is 10.4. The first kappa shape index (κ1) is 50.6. The zero-order valence-corrected chi connectivity index (χ0v) is 42.3. The second-order valence-electron chi connectivity index (χ2n) is 18.6. The Labute approximate surface area is 409 Å². The SMILES string of the molecule is COc1cccc(Nc2c(C(N)=O)cnc3c(C)cc(S(=O)(=O)c4cccc(C(=O)Nc5ccc(C#CCCCNC[C@H](O[Si](C)(C)C(C)(C)C)c6ccc(O)c7c6OCC(=O)N7)c(C)c5)c4)cc23)c1. The highest BCUT2D eigenvalue weighted by Crippen LogP contribution is 2.46. The minimum Gasteiger partial charge on any atom is -0.506 e. The fourth-order valence-electron chi connectivity index (χ4n) is 7.67. The summed E-state index contributed by atoms with van der Waals surface area (Å²) in [6, 6.07) is 24.5. The summed E-state index contributed by atoms with van der Waals surface area (Å²) in [4.78, 5) is 42.5. The van der Waals surface area contributed by atoms with Crippen LogP contribution in [0.2, 0.25) is 18.1 Å². The average molecular weight is 983 g/mol. The fraction of sp³-hybridized carbons (Fsp3) is 0.283. The number of aromatic hydroxyl groups is 1. The molecule has 1 aliphatic rings. The number of methoxy groups -OCH3 is 1. The number of hydrogen-bond acceptors (Lipinski definition) is 12. The maximum absolute atomic E-state index is 14.3. The molecule has 0 unspecified atom stereocenters. The summed E-state index contributed by atoms with van der Waals surface area (Å²) < 4.78 is 46.6. The molecule has 7 rings (SSSR count). The lowest BCUT2D eigenvalue weighted by Gasteiger charge is -2.40. The molecule has 1 aliphatic heterocycles.